The van der Waals surface area contributed by atoms with Crippen LogP contribution in [0.15, 0.2) is 36.7 Å². The number of nitrogens with two attached hydrogens (primary N) is 1. The first-order valence-electron chi connectivity index (χ1n) is 6.27. The van der Waals surface area contributed by atoms with Gasteiger partial charge in [0.15, 0.2) is 0 Å². The van der Waals surface area contributed by atoms with Crippen molar-refractivity contribution in [2.75, 3.05) is 5.73 Å². The highest BCUT2D eigenvalue weighted by Crippen LogP contribution is 2.28. The Morgan fingerprint density at radius 3 is 2.80 bits per heavy atom. The van der Waals surface area contributed by atoms with E-state index in [9.17, 15) is 4.79 Å². The molecule has 3 aromatic rings. The predicted molar refractivity (Wildman–Crippen MR) is 78.4 cm³/mol. The predicted octanol–water partition coefficient (Wildman–Crippen LogP) is 2.65. The average Bonchev–Trinajstić information content (AvgIpc) is 2.80. The third-order valence-corrected chi connectivity index (χ3v) is 3.30. The number of anilines is 1. The molecule has 5 nitrogen and oxygen atoms in total. The van der Waals surface area contributed by atoms with Crippen molar-refractivity contribution in [1.82, 2.24) is 14.8 Å². The summed E-state index contributed by atoms with van der Waals surface area (Å²) in [5, 5.41) is 5.05. The lowest BCUT2D eigenvalue weighted by atomic mass is 9.99. The molecule has 0 amide bonds. The Morgan fingerprint density at radius 1 is 1.30 bits per heavy atom. The molecule has 0 unspecified atom stereocenters. The molecule has 0 bridgehead atoms. The van der Waals surface area contributed by atoms with Gasteiger partial charge in [-0.1, -0.05) is 0 Å². The number of nitrogen functional groups attached to an aromatic ring is 1. The molecular formula is C15H14N4O. The highest BCUT2D eigenvalue weighted by atomic mass is 16.2. The van der Waals surface area contributed by atoms with Crippen LogP contribution in [0.4, 0.5) is 5.82 Å². The number of pyridine rings is 1. The normalized spacial score (nSPS) is 10.9. The van der Waals surface area contributed by atoms with Crippen LogP contribution in [0.3, 0.4) is 0 Å². The third-order valence-electron chi connectivity index (χ3n) is 3.30. The van der Waals surface area contributed by atoms with E-state index in [2.05, 4.69) is 10.1 Å². The number of benzene rings is 1. The first kappa shape index (κ1) is 12.3. The van der Waals surface area contributed by atoms with Gasteiger partial charge in [-0.2, -0.15) is 5.10 Å². The van der Waals surface area contributed by atoms with Gasteiger partial charge >= 0.3 is 0 Å². The summed E-state index contributed by atoms with van der Waals surface area (Å²) >= 11 is 0. The number of fused-ring (bicyclic) bond motifs is 1. The molecule has 0 aliphatic rings. The Bertz CT molecular complexity index is 820. The molecule has 2 aromatic heterocycles. The Kier molecular flexibility index (Phi) is 2.75. The number of hydrogen-bond donors (Lipinski definition) is 1. The third kappa shape index (κ3) is 1.93. The highest BCUT2D eigenvalue weighted by molar-refractivity contribution is 5.93. The maximum absolute atomic E-state index is 11.5. The Balaban J connectivity index is 2.23. The van der Waals surface area contributed by atoms with Gasteiger partial charge in [0, 0.05) is 18.5 Å². The minimum absolute atomic E-state index is 0.0969. The lowest BCUT2D eigenvalue weighted by Crippen LogP contribution is -2.06. The molecular weight excluding hydrogens is 252 g/mol. The molecule has 2 heterocycles. The van der Waals surface area contributed by atoms with Gasteiger partial charge in [0.25, 0.3) is 0 Å². The number of nitrogens with zero attached hydrogens (tertiary/aromatic N) is 3. The average molecular weight is 266 g/mol. The van der Waals surface area contributed by atoms with Crippen molar-refractivity contribution in [1.29, 1.82) is 0 Å². The zero-order chi connectivity index (χ0) is 14.3. The van der Waals surface area contributed by atoms with Gasteiger partial charge in [0.1, 0.15) is 5.82 Å². The first-order valence-corrected chi connectivity index (χ1v) is 6.27. The lowest BCUT2D eigenvalue weighted by Gasteiger charge is -2.08. The summed E-state index contributed by atoms with van der Waals surface area (Å²) in [5.74, 6) is 0.390. The van der Waals surface area contributed by atoms with Crippen LogP contribution in [0.2, 0.25) is 0 Å². The summed E-state index contributed by atoms with van der Waals surface area (Å²) < 4.78 is 1.41. The van der Waals surface area contributed by atoms with E-state index < -0.39 is 0 Å². The van der Waals surface area contributed by atoms with Crippen molar-refractivity contribution < 1.29 is 4.79 Å². The van der Waals surface area contributed by atoms with Gasteiger partial charge in [-0.05, 0) is 47.9 Å². The van der Waals surface area contributed by atoms with E-state index in [1.807, 2.05) is 31.2 Å². The molecule has 0 spiro atoms. The van der Waals surface area contributed by atoms with Crippen molar-refractivity contribution in [2.24, 2.45) is 0 Å². The van der Waals surface area contributed by atoms with Crippen LogP contribution in [0.1, 0.15) is 17.3 Å². The molecule has 2 N–H and O–H groups in total. The Labute approximate surface area is 116 Å². The molecule has 0 atom stereocenters. The topological polar surface area (TPSA) is 73.8 Å². The molecule has 1 aromatic carbocycles. The van der Waals surface area contributed by atoms with Crippen molar-refractivity contribution in [3.63, 3.8) is 0 Å². The molecule has 0 fully saturated rings. The second kappa shape index (κ2) is 4.45. The quantitative estimate of drug-likeness (QED) is 0.734. The number of carbonyl (C=O) groups excluding carboxylic acids is 1. The molecule has 0 aliphatic heterocycles. The Hall–Kier alpha value is -2.69. The van der Waals surface area contributed by atoms with Crippen LogP contribution in [0, 0.1) is 6.92 Å². The van der Waals surface area contributed by atoms with Gasteiger partial charge in [-0.25, -0.2) is 9.67 Å². The van der Waals surface area contributed by atoms with Crippen molar-refractivity contribution in [3.8, 4) is 11.1 Å². The summed E-state index contributed by atoms with van der Waals surface area (Å²) in [6, 6.07) is 7.74. The molecule has 0 aliphatic carbocycles. The van der Waals surface area contributed by atoms with E-state index in [0.29, 0.717) is 5.82 Å². The molecule has 3 rings (SSSR count). The summed E-state index contributed by atoms with van der Waals surface area (Å²) in [6.07, 6.45) is 3.39. The molecule has 5 heteroatoms. The first-order chi connectivity index (χ1) is 9.56. The minimum atomic E-state index is -0.0969. The second-order valence-corrected chi connectivity index (χ2v) is 4.77. The molecule has 100 valence electrons. The van der Waals surface area contributed by atoms with E-state index in [1.54, 1.807) is 12.4 Å². The number of aromatic nitrogens is 3. The second-order valence-electron chi connectivity index (χ2n) is 4.77. The summed E-state index contributed by atoms with van der Waals surface area (Å²) in [5.41, 5.74) is 9.68. The van der Waals surface area contributed by atoms with Crippen LogP contribution < -0.4 is 5.73 Å². The summed E-state index contributed by atoms with van der Waals surface area (Å²) in [6.45, 7) is 3.50. The van der Waals surface area contributed by atoms with Crippen LogP contribution in [-0.2, 0) is 0 Å². The fourth-order valence-corrected chi connectivity index (χ4v) is 2.36. The number of aryl methyl sites for hydroxylation is 1. The smallest absolute Gasteiger partial charge is 0.244 e. The van der Waals surface area contributed by atoms with E-state index in [1.165, 1.54) is 11.6 Å². The van der Waals surface area contributed by atoms with Gasteiger partial charge in [-0.15, -0.1) is 0 Å². The van der Waals surface area contributed by atoms with Gasteiger partial charge in [0.2, 0.25) is 5.91 Å². The van der Waals surface area contributed by atoms with Crippen molar-refractivity contribution >= 4 is 22.6 Å². The van der Waals surface area contributed by atoms with Crippen LogP contribution >= 0.6 is 0 Å². The largest absolute Gasteiger partial charge is 0.384 e. The maximum atomic E-state index is 11.5. The molecule has 0 saturated carbocycles. The fraction of sp³-hybridized carbons (Fsp3) is 0.133. The number of rotatable bonds is 1. The monoisotopic (exact) mass is 266 g/mol. The zero-order valence-electron chi connectivity index (χ0n) is 11.3. The summed E-state index contributed by atoms with van der Waals surface area (Å²) in [7, 11) is 0. The summed E-state index contributed by atoms with van der Waals surface area (Å²) in [4.78, 5) is 15.5. The molecule has 20 heavy (non-hydrogen) atoms. The van der Waals surface area contributed by atoms with E-state index >= 15 is 0 Å². The standard InChI is InChI=1S/C15H14N4O/c1-9-5-14-12(8-18-19(14)10(2)20)6-13(9)11-3-4-17-15(16)7-11/h3-8H,1-2H3,(H2,16,17). The van der Waals surface area contributed by atoms with Crippen LogP contribution in [0.5, 0.6) is 0 Å². The van der Waals surface area contributed by atoms with E-state index in [-0.39, 0.29) is 5.91 Å². The maximum Gasteiger partial charge on any atom is 0.244 e. The van der Waals surface area contributed by atoms with Gasteiger partial charge in [-0.3, -0.25) is 4.79 Å². The fourth-order valence-electron chi connectivity index (χ4n) is 2.36. The van der Waals surface area contributed by atoms with Crippen LogP contribution in [-0.4, -0.2) is 20.7 Å². The van der Waals surface area contributed by atoms with Crippen molar-refractivity contribution in [3.05, 3.63) is 42.2 Å². The zero-order valence-corrected chi connectivity index (χ0v) is 11.3. The van der Waals surface area contributed by atoms with Crippen LogP contribution in [0.25, 0.3) is 22.0 Å². The molecule has 0 radical (unpaired) electrons. The SMILES string of the molecule is CC(=O)n1ncc2cc(-c3ccnc(N)c3)c(C)cc21. The number of carbonyl (C=O) groups is 1. The van der Waals surface area contributed by atoms with Gasteiger partial charge < -0.3 is 5.73 Å². The lowest BCUT2D eigenvalue weighted by molar-refractivity contribution is 0.0927. The van der Waals surface area contributed by atoms with Gasteiger partial charge in [0.05, 0.1) is 11.7 Å². The van der Waals surface area contributed by atoms with E-state index in [4.69, 9.17) is 5.73 Å². The Morgan fingerprint density at radius 2 is 2.10 bits per heavy atom. The van der Waals surface area contributed by atoms with E-state index in [0.717, 1.165) is 27.6 Å². The highest BCUT2D eigenvalue weighted by Gasteiger charge is 2.10. The molecule has 0 saturated heterocycles. The van der Waals surface area contributed by atoms with Crippen molar-refractivity contribution in [2.45, 2.75) is 13.8 Å². The number of hydrogen-bond acceptors (Lipinski definition) is 4. The minimum Gasteiger partial charge on any atom is -0.384 e.